The van der Waals surface area contributed by atoms with Gasteiger partial charge in [-0.1, -0.05) is 35.4 Å². The highest BCUT2D eigenvalue weighted by atomic mass is 32.5. The summed E-state index contributed by atoms with van der Waals surface area (Å²) < 4.78 is 52.5. The molecule has 1 aliphatic heterocycles. The number of hydrogen-bond acceptors (Lipinski definition) is 10. The molecule has 1 saturated heterocycles. The Hall–Kier alpha value is -2.93. The predicted octanol–water partition coefficient (Wildman–Crippen LogP) is 3.10. The van der Waals surface area contributed by atoms with Crippen LogP contribution in [-0.2, 0) is 21.1 Å². The fourth-order valence-corrected chi connectivity index (χ4v) is 5.66. The van der Waals surface area contributed by atoms with E-state index >= 15 is 0 Å². The molecule has 38 heavy (non-hydrogen) atoms. The van der Waals surface area contributed by atoms with E-state index in [9.17, 15) is 23.8 Å². The van der Waals surface area contributed by atoms with Crippen molar-refractivity contribution in [3.05, 3.63) is 82.4 Å². The number of anilines is 1. The maximum Gasteiger partial charge on any atom is 0.435 e. The second-order valence-corrected chi connectivity index (χ2v) is 11.6. The molecule has 2 heterocycles. The topological polar surface area (TPSA) is 138 Å². The Balaban J connectivity index is 1.64. The normalized spacial score (nSPS) is 23.5. The number of aliphatic hydroxyl groups excluding tert-OH is 2. The number of rotatable bonds is 9. The van der Waals surface area contributed by atoms with E-state index in [1.54, 1.807) is 48.5 Å². The molecule has 0 amide bonds. The van der Waals surface area contributed by atoms with Gasteiger partial charge in [0.1, 0.15) is 29.5 Å². The van der Waals surface area contributed by atoms with Crippen molar-refractivity contribution in [3.8, 4) is 11.5 Å². The van der Waals surface area contributed by atoms with Crippen LogP contribution in [0.15, 0.2) is 65.6 Å². The Morgan fingerprint density at radius 1 is 1.08 bits per heavy atom. The maximum absolute atomic E-state index is 14.5. The maximum atomic E-state index is 14.5. The van der Waals surface area contributed by atoms with Gasteiger partial charge in [0.05, 0.1) is 6.61 Å². The number of halogens is 2. The summed E-state index contributed by atoms with van der Waals surface area (Å²) in [6, 6.07) is 14.7. The highest BCUT2D eigenvalue weighted by molar-refractivity contribution is 8.07. The predicted molar refractivity (Wildman–Crippen MR) is 138 cm³/mol. The number of aromatic nitrogens is 2. The summed E-state index contributed by atoms with van der Waals surface area (Å²) in [5.74, 6) is 0.412. The van der Waals surface area contributed by atoms with Crippen LogP contribution in [0.5, 0.6) is 11.5 Å². The van der Waals surface area contributed by atoms with Gasteiger partial charge in [0.2, 0.25) is 0 Å². The molecule has 4 rings (SSSR count). The summed E-state index contributed by atoms with van der Waals surface area (Å²) >= 11 is 5.55. The summed E-state index contributed by atoms with van der Waals surface area (Å²) in [6.07, 6.45) is -8.10. The SMILES string of the molecule is Cc1ccc(OP(=S)(OC[C@@]2(C(F)F)O[C@@H](n3ccc(N)nc3=O)[C@H](O)[C@@H]2O)Oc2ccc(C)cc2)cc1. The lowest BCUT2D eigenvalue weighted by Crippen LogP contribution is -2.52. The monoisotopic (exact) mass is 569 g/mol. The molecule has 0 bridgehead atoms. The van der Waals surface area contributed by atoms with Crippen molar-refractivity contribution in [1.29, 1.82) is 0 Å². The molecule has 0 unspecified atom stereocenters. The van der Waals surface area contributed by atoms with Gasteiger partial charge in [-0.3, -0.25) is 9.09 Å². The molecule has 2 aromatic carbocycles. The Bertz CT molecular complexity index is 1330. The third-order valence-corrected chi connectivity index (χ3v) is 7.95. The number of aryl methyl sites for hydroxylation is 2. The van der Waals surface area contributed by atoms with Crippen LogP contribution in [0.25, 0.3) is 0 Å². The van der Waals surface area contributed by atoms with Crippen molar-refractivity contribution >= 4 is 24.3 Å². The molecular weight excluding hydrogens is 543 g/mol. The van der Waals surface area contributed by atoms with Gasteiger partial charge in [-0.15, -0.1) is 0 Å². The minimum atomic E-state index is -3.85. The van der Waals surface area contributed by atoms with Gasteiger partial charge in [-0.2, -0.15) is 4.98 Å². The smallest absolute Gasteiger partial charge is 0.416 e. The first-order valence-electron chi connectivity index (χ1n) is 11.4. The van der Waals surface area contributed by atoms with E-state index in [1.807, 2.05) is 13.8 Å². The molecule has 1 fully saturated rings. The molecule has 3 aromatic rings. The molecule has 10 nitrogen and oxygen atoms in total. The highest BCUT2D eigenvalue weighted by Crippen LogP contribution is 2.52. The molecule has 14 heteroatoms. The van der Waals surface area contributed by atoms with Gasteiger partial charge in [-0.25, -0.2) is 13.6 Å². The van der Waals surface area contributed by atoms with E-state index < -0.39 is 49.5 Å². The minimum absolute atomic E-state index is 0.120. The number of nitrogens with two attached hydrogens (primary N) is 1. The van der Waals surface area contributed by atoms with Crippen molar-refractivity contribution in [1.82, 2.24) is 9.55 Å². The fourth-order valence-electron chi connectivity index (χ4n) is 3.72. The van der Waals surface area contributed by atoms with Gasteiger partial charge >= 0.3 is 12.4 Å². The molecule has 0 aliphatic carbocycles. The largest absolute Gasteiger partial charge is 0.435 e. The van der Waals surface area contributed by atoms with Crippen LogP contribution in [0.2, 0.25) is 0 Å². The van der Waals surface area contributed by atoms with Crippen molar-refractivity contribution in [2.45, 2.75) is 44.3 Å². The number of ether oxygens (including phenoxy) is 1. The van der Waals surface area contributed by atoms with Gasteiger partial charge in [0.25, 0.3) is 6.43 Å². The third-order valence-electron chi connectivity index (χ3n) is 5.88. The van der Waals surface area contributed by atoms with Crippen LogP contribution in [0.4, 0.5) is 14.6 Å². The zero-order valence-electron chi connectivity index (χ0n) is 20.3. The third kappa shape index (κ3) is 5.88. The Morgan fingerprint density at radius 3 is 2.08 bits per heavy atom. The first-order valence-corrected chi connectivity index (χ1v) is 13.9. The molecule has 0 saturated carbocycles. The summed E-state index contributed by atoms with van der Waals surface area (Å²) in [5.41, 5.74) is 3.60. The molecule has 1 aromatic heterocycles. The summed E-state index contributed by atoms with van der Waals surface area (Å²) in [7, 11) is 0. The molecule has 0 spiro atoms. The van der Waals surface area contributed by atoms with Crippen molar-refractivity contribution in [2.75, 3.05) is 12.3 Å². The summed E-state index contributed by atoms with van der Waals surface area (Å²) in [6.45, 7) is -1.15. The van der Waals surface area contributed by atoms with Crippen LogP contribution in [-0.4, -0.2) is 50.6 Å². The van der Waals surface area contributed by atoms with Crippen LogP contribution >= 0.6 is 6.72 Å². The molecule has 4 N–H and O–H groups in total. The number of nitrogen functional groups attached to an aromatic ring is 1. The van der Waals surface area contributed by atoms with E-state index in [1.165, 1.54) is 6.07 Å². The number of alkyl halides is 2. The average Bonchev–Trinajstić information content (AvgIpc) is 3.12. The van der Waals surface area contributed by atoms with Gasteiger partial charge in [0.15, 0.2) is 11.8 Å². The standard InChI is InChI=1S/C24H26F2N3O7PS/c1-14-3-7-16(8-4-14)35-37(38,36-17-9-5-15(2)6-10-17)33-13-24(22(25)26)20(31)19(30)21(34-24)29-12-11-18(27)28-23(29)32/h3-12,19-22,30-31H,13H2,1-2H3,(H2,27,28,32)/t19-,20+,21-,24-/m1/s1. The second-order valence-electron chi connectivity index (χ2n) is 8.77. The number of hydrogen-bond donors (Lipinski definition) is 3. The lowest BCUT2D eigenvalue weighted by molar-refractivity contribution is -0.192. The highest BCUT2D eigenvalue weighted by Gasteiger charge is 2.61. The molecule has 0 radical (unpaired) electrons. The Labute approximate surface area is 221 Å². The number of nitrogens with zero attached hydrogens (tertiary/aromatic N) is 2. The molecule has 4 atom stereocenters. The van der Waals surface area contributed by atoms with Gasteiger partial charge in [-0.05, 0) is 44.2 Å². The van der Waals surface area contributed by atoms with Crippen molar-refractivity contribution in [2.24, 2.45) is 0 Å². The van der Waals surface area contributed by atoms with Crippen molar-refractivity contribution < 1.29 is 37.3 Å². The molecule has 204 valence electrons. The zero-order valence-corrected chi connectivity index (χ0v) is 22.0. The van der Waals surface area contributed by atoms with Crippen molar-refractivity contribution in [3.63, 3.8) is 0 Å². The Kier molecular flexibility index (Phi) is 8.17. The number of benzene rings is 2. The first kappa shape index (κ1) is 28.1. The van der Waals surface area contributed by atoms with Crippen LogP contribution in [0, 0.1) is 13.8 Å². The summed E-state index contributed by atoms with van der Waals surface area (Å²) in [4.78, 5) is 15.8. The van der Waals surface area contributed by atoms with E-state index in [2.05, 4.69) is 4.98 Å². The fraction of sp³-hybridized carbons (Fsp3) is 0.333. The second kappa shape index (κ2) is 11.0. The first-order chi connectivity index (χ1) is 17.9. The quantitative estimate of drug-likeness (QED) is 0.330. The van der Waals surface area contributed by atoms with E-state index in [4.69, 9.17) is 35.8 Å². The van der Waals surface area contributed by atoms with Gasteiger partial charge < -0.3 is 29.7 Å². The van der Waals surface area contributed by atoms with Crippen LogP contribution < -0.4 is 20.5 Å². The lowest BCUT2D eigenvalue weighted by Gasteiger charge is -2.33. The van der Waals surface area contributed by atoms with Crippen LogP contribution in [0.1, 0.15) is 17.4 Å². The molecular formula is C24H26F2N3O7PS. The van der Waals surface area contributed by atoms with Crippen LogP contribution in [0.3, 0.4) is 0 Å². The molecule has 1 aliphatic rings. The average molecular weight is 570 g/mol. The van der Waals surface area contributed by atoms with E-state index in [-0.39, 0.29) is 17.3 Å². The number of aliphatic hydroxyl groups is 2. The summed E-state index contributed by atoms with van der Waals surface area (Å²) in [5, 5.41) is 21.3. The lowest BCUT2D eigenvalue weighted by atomic mass is 9.96. The van der Waals surface area contributed by atoms with E-state index in [0.29, 0.717) is 0 Å². The van der Waals surface area contributed by atoms with Gasteiger partial charge in [0, 0.05) is 18.0 Å². The zero-order chi connectivity index (χ0) is 27.7. The minimum Gasteiger partial charge on any atom is -0.416 e. The van der Waals surface area contributed by atoms with E-state index in [0.717, 1.165) is 21.9 Å². The Morgan fingerprint density at radius 2 is 1.61 bits per heavy atom.